The molecule has 23 heavy (non-hydrogen) atoms. The van der Waals surface area contributed by atoms with Gasteiger partial charge in [0.25, 0.3) is 0 Å². The number of rotatable bonds is 5. The molecule has 1 fully saturated rings. The minimum atomic E-state index is -3.54. The van der Waals surface area contributed by atoms with Gasteiger partial charge in [-0.1, -0.05) is 6.07 Å². The first-order valence-electron chi connectivity index (χ1n) is 7.18. The van der Waals surface area contributed by atoms with Crippen LogP contribution in [0.3, 0.4) is 0 Å². The molecule has 1 aromatic carbocycles. The van der Waals surface area contributed by atoms with E-state index >= 15 is 0 Å². The SMILES string of the molecule is COC(=O)C1CC(S(=O)(=O)NCc2ccc3c(c2)OCO3)CN1. The molecule has 2 atom stereocenters. The largest absolute Gasteiger partial charge is 0.468 e. The van der Waals surface area contributed by atoms with Crippen LogP contribution in [0.2, 0.25) is 0 Å². The summed E-state index contributed by atoms with van der Waals surface area (Å²) < 4.78 is 42.3. The number of methoxy groups -OCH3 is 1. The third-order valence-corrected chi connectivity index (χ3v) is 5.71. The van der Waals surface area contributed by atoms with Crippen molar-refractivity contribution in [3.63, 3.8) is 0 Å². The molecule has 1 aromatic rings. The van der Waals surface area contributed by atoms with Crippen molar-refractivity contribution < 1.29 is 27.4 Å². The Morgan fingerprint density at radius 2 is 2.17 bits per heavy atom. The van der Waals surface area contributed by atoms with E-state index in [2.05, 4.69) is 14.8 Å². The van der Waals surface area contributed by atoms with Crippen molar-refractivity contribution >= 4 is 16.0 Å². The molecule has 2 unspecified atom stereocenters. The summed E-state index contributed by atoms with van der Waals surface area (Å²) >= 11 is 0. The first kappa shape index (κ1) is 16.0. The molecule has 0 aliphatic carbocycles. The van der Waals surface area contributed by atoms with Crippen molar-refractivity contribution in [2.45, 2.75) is 24.3 Å². The first-order valence-corrected chi connectivity index (χ1v) is 8.72. The van der Waals surface area contributed by atoms with Crippen molar-refractivity contribution in [3.8, 4) is 11.5 Å². The van der Waals surface area contributed by atoms with Crippen molar-refractivity contribution in [2.75, 3.05) is 20.4 Å². The molecule has 2 aliphatic rings. The summed E-state index contributed by atoms with van der Waals surface area (Å²) in [6, 6.07) is 4.69. The van der Waals surface area contributed by atoms with Gasteiger partial charge in [-0.2, -0.15) is 0 Å². The summed E-state index contributed by atoms with van der Waals surface area (Å²) in [7, 11) is -2.26. The number of nitrogens with one attached hydrogen (secondary N) is 2. The molecular weight excluding hydrogens is 324 g/mol. The van der Waals surface area contributed by atoms with Gasteiger partial charge in [0.05, 0.1) is 12.4 Å². The molecule has 0 spiro atoms. The third-order valence-electron chi connectivity index (χ3n) is 3.93. The zero-order chi connectivity index (χ0) is 16.4. The van der Waals surface area contributed by atoms with Crippen molar-refractivity contribution in [3.05, 3.63) is 23.8 Å². The number of esters is 1. The minimum Gasteiger partial charge on any atom is -0.468 e. The van der Waals surface area contributed by atoms with Crippen LogP contribution in [0.25, 0.3) is 0 Å². The van der Waals surface area contributed by atoms with E-state index in [1.807, 2.05) is 0 Å². The average molecular weight is 342 g/mol. The molecule has 0 radical (unpaired) electrons. The summed E-state index contributed by atoms with van der Waals surface area (Å²) in [6.45, 7) is 0.543. The lowest BCUT2D eigenvalue weighted by atomic mass is 10.2. The normalized spacial score (nSPS) is 23.0. The quantitative estimate of drug-likeness (QED) is 0.711. The predicted molar refractivity (Wildman–Crippen MR) is 80.5 cm³/mol. The Labute approximate surface area is 134 Å². The fourth-order valence-corrected chi connectivity index (χ4v) is 3.98. The molecule has 1 saturated heterocycles. The third kappa shape index (κ3) is 3.41. The van der Waals surface area contributed by atoms with Crippen LogP contribution >= 0.6 is 0 Å². The number of hydrogen-bond donors (Lipinski definition) is 2. The molecule has 0 aromatic heterocycles. The number of ether oxygens (including phenoxy) is 3. The molecule has 126 valence electrons. The van der Waals surface area contributed by atoms with Gasteiger partial charge in [-0.3, -0.25) is 4.79 Å². The number of carbonyl (C=O) groups excluding carboxylic acids is 1. The predicted octanol–water partition coefficient (Wildman–Crippen LogP) is -0.262. The Morgan fingerprint density at radius 1 is 1.39 bits per heavy atom. The number of sulfonamides is 1. The second-order valence-electron chi connectivity index (χ2n) is 5.40. The van der Waals surface area contributed by atoms with Gasteiger partial charge >= 0.3 is 5.97 Å². The number of carbonyl (C=O) groups is 1. The topological polar surface area (TPSA) is 103 Å². The summed E-state index contributed by atoms with van der Waals surface area (Å²) in [5.41, 5.74) is 0.772. The Morgan fingerprint density at radius 3 is 2.96 bits per heavy atom. The van der Waals surface area contributed by atoms with E-state index in [1.54, 1.807) is 18.2 Å². The lowest BCUT2D eigenvalue weighted by Crippen LogP contribution is -2.35. The Bertz CT molecular complexity index is 705. The standard InChI is InChI=1S/C14H18N2O6S/c1-20-14(17)11-5-10(7-15-11)23(18,19)16-6-9-2-3-12-13(4-9)22-8-21-12/h2-4,10-11,15-16H,5-8H2,1H3. The minimum absolute atomic E-state index is 0.151. The van der Waals surface area contributed by atoms with Gasteiger partial charge in [-0.15, -0.1) is 0 Å². The summed E-state index contributed by atoms with van der Waals surface area (Å²) in [5, 5.41) is 2.20. The highest BCUT2D eigenvalue weighted by Gasteiger charge is 2.37. The van der Waals surface area contributed by atoms with Crippen LogP contribution in [-0.4, -0.2) is 46.1 Å². The number of benzene rings is 1. The van der Waals surface area contributed by atoms with E-state index in [9.17, 15) is 13.2 Å². The maximum atomic E-state index is 12.3. The zero-order valence-corrected chi connectivity index (χ0v) is 13.4. The fraction of sp³-hybridized carbons (Fsp3) is 0.500. The number of hydrogen-bond acceptors (Lipinski definition) is 7. The van der Waals surface area contributed by atoms with Gasteiger partial charge in [-0.25, -0.2) is 13.1 Å². The van der Waals surface area contributed by atoms with E-state index in [0.29, 0.717) is 11.5 Å². The highest BCUT2D eigenvalue weighted by molar-refractivity contribution is 7.90. The van der Waals surface area contributed by atoms with E-state index < -0.39 is 27.3 Å². The van der Waals surface area contributed by atoms with Gasteiger partial charge in [0.2, 0.25) is 16.8 Å². The van der Waals surface area contributed by atoms with Crippen LogP contribution < -0.4 is 19.5 Å². The van der Waals surface area contributed by atoms with E-state index in [1.165, 1.54) is 7.11 Å². The Hall–Kier alpha value is -1.84. The van der Waals surface area contributed by atoms with Gasteiger partial charge in [0, 0.05) is 13.1 Å². The maximum Gasteiger partial charge on any atom is 0.322 e. The maximum absolute atomic E-state index is 12.3. The van der Waals surface area contributed by atoms with Crippen LogP contribution in [-0.2, 0) is 26.1 Å². The van der Waals surface area contributed by atoms with E-state index in [4.69, 9.17) is 9.47 Å². The molecule has 2 N–H and O–H groups in total. The monoisotopic (exact) mass is 342 g/mol. The van der Waals surface area contributed by atoms with Gasteiger partial charge < -0.3 is 19.5 Å². The van der Waals surface area contributed by atoms with Crippen LogP contribution in [0.4, 0.5) is 0 Å². The summed E-state index contributed by atoms with van der Waals surface area (Å²) in [6.07, 6.45) is 0.198. The fourth-order valence-electron chi connectivity index (χ4n) is 2.61. The van der Waals surface area contributed by atoms with Crippen LogP contribution in [0.15, 0.2) is 18.2 Å². The lowest BCUT2D eigenvalue weighted by molar-refractivity contribution is -0.142. The van der Waals surface area contributed by atoms with Gasteiger partial charge in [0.15, 0.2) is 11.5 Å². The average Bonchev–Trinajstić information content (AvgIpc) is 3.21. The molecule has 2 aliphatic heterocycles. The molecule has 3 rings (SSSR count). The lowest BCUT2D eigenvalue weighted by Gasteiger charge is -2.12. The smallest absolute Gasteiger partial charge is 0.322 e. The molecule has 2 heterocycles. The van der Waals surface area contributed by atoms with E-state index in [0.717, 1.165) is 5.56 Å². The van der Waals surface area contributed by atoms with E-state index in [-0.39, 0.29) is 26.3 Å². The molecule has 0 saturated carbocycles. The summed E-state index contributed by atoms with van der Waals surface area (Å²) in [5.74, 6) is 0.811. The Balaban J connectivity index is 1.60. The highest BCUT2D eigenvalue weighted by Crippen LogP contribution is 2.32. The Kier molecular flexibility index (Phi) is 4.42. The summed E-state index contributed by atoms with van der Waals surface area (Å²) in [4.78, 5) is 11.4. The van der Waals surface area contributed by atoms with Crippen molar-refractivity contribution in [2.24, 2.45) is 0 Å². The second kappa shape index (κ2) is 6.34. The van der Waals surface area contributed by atoms with Crippen molar-refractivity contribution in [1.29, 1.82) is 0 Å². The van der Waals surface area contributed by atoms with Crippen LogP contribution in [0.5, 0.6) is 11.5 Å². The van der Waals surface area contributed by atoms with Gasteiger partial charge in [0.1, 0.15) is 6.04 Å². The molecule has 8 nitrogen and oxygen atoms in total. The number of fused-ring (bicyclic) bond motifs is 1. The molecule has 9 heteroatoms. The zero-order valence-electron chi connectivity index (χ0n) is 12.6. The van der Waals surface area contributed by atoms with Crippen LogP contribution in [0, 0.1) is 0 Å². The first-order chi connectivity index (χ1) is 11.0. The molecular formula is C14H18N2O6S. The van der Waals surface area contributed by atoms with Crippen LogP contribution in [0.1, 0.15) is 12.0 Å². The second-order valence-corrected chi connectivity index (χ2v) is 7.44. The van der Waals surface area contributed by atoms with Gasteiger partial charge in [-0.05, 0) is 24.1 Å². The molecule has 0 amide bonds. The highest BCUT2D eigenvalue weighted by atomic mass is 32.2. The van der Waals surface area contributed by atoms with Crippen molar-refractivity contribution in [1.82, 2.24) is 10.0 Å². The molecule has 0 bridgehead atoms.